The quantitative estimate of drug-likeness (QED) is 0.648. The maximum atomic E-state index is 10.1. The molecule has 0 spiro atoms. The Bertz CT molecular complexity index is 274. The van der Waals surface area contributed by atoms with Crippen molar-refractivity contribution in [2.75, 3.05) is 11.2 Å². The summed E-state index contributed by atoms with van der Waals surface area (Å²) >= 11 is 0. The van der Waals surface area contributed by atoms with E-state index < -0.39 is 10.7 Å². The van der Waals surface area contributed by atoms with Gasteiger partial charge in [-0.05, 0) is 18.2 Å². The summed E-state index contributed by atoms with van der Waals surface area (Å²) in [6.07, 6.45) is 0. The highest BCUT2D eigenvalue weighted by Gasteiger charge is 1.87. The average molecular weight is 170 g/mol. The van der Waals surface area contributed by atoms with Crippen LogP contribution in [0, 0.1) is 6.07 Å². The first-order valence-corrected chi connectivity index (χ1v) is 4.47. The maximum Gasteiger partial charge on any atom is 0.158 e. The molecule has 0 aromatic heterocycles. The number of rotatable bonds is 3. The number of nitrogens with one attached hydrogen (secondary N) is 1. The molecule has 1 aromatic carbocycles. The molecule has 0 fully saturated rings. The second-order valence-corrected chi connectivity index (χ2v) is 2.94. The molecule has 3 nitrogen and oxygen atoms in total. The highest BCUT2D eigenvalue weighted by Crippen LogP contribution is 2.02. The predicted octanol–water partition coefficient (Wildman–Crippen LogP) is 0.468. The Labute approximate surface area is 67.0 Å². The van der Waals surface area contributed by atoms with Gasteiger partial charge < -0.3 is 5.32 Å². The van der Waals surface area contributed by atoms with Crippen LogP contribution < -0.4 is 5.32 Å². The molecular formula is C7H8NO2S. The fourth-order valence-electron chi connectivity index (χ4n) is 0.661. The number of anilines is 1. The van der Waals surface area contributed by atoms with Gasteiger partial charge in [0, 0.05) is 5.69 Å². The number of thiol groups is 1. The molecule has 0 heterocycles. The average Bonchev–Trinajstić information content (AvgIpc) is 2.03. The molecule has 0 unspecified atom stereocenters. The largest absolute Gasteiger partial charge is 0.372 e. The molecule has 11 heavy (non-hydrogen) atoms. The van der Waals surface area contributed by atoms with E-state index in [1.807, 2.05) is 0 Å². The van der Waals surface area contributed by atoms with Crippen molar-refractivity contribution in [3.63, 3.8) is 0 Å². The first kappa shape index (κ1) is 8.07. The van der Waals surface area contributed by atoms with Gasteiger partial charge in [0.1, 0.15) is 5.88 Å². The van der Waals surface area contributed by atoms with Crippen molar-refractivity contribution in [1.29, 1.82) is 0 Å². The van der Waals surface area contributed by atoms with E-state index in [4.69, 9.17) is 0 Å². The summed E-state index contributed by atoms with van der Waals surface area (Å²) in [5.74, 6) is -0.0145. The van der Waals surface area contributed by atoms with Gasteiger partial charge in [-0.25, -0.2) is 8.42 Å². The van der Waals surface area contributed by atoms with Crippen molar-refractivity contribution < 1.29 is 8.42 Å². The smallest absolute Gasteiger partial charge is 0.158 e. The van der Waals surface area contributed by atoms with Gasteiger partial charge >= 0.3 is 0 Å². The van der Waals surface area contributed by atoms with Crippen LogP contribution in [-0.4, -0.2) is 14.3 Å². The second-order valence-electron chi connectivity index (χ2n) is 1.96. The molecule has 4 heteroatoms. The van der Waals surface area contributed by atoms with Gasteiger partial charge in [0.2, 0.25) is 0 Å². The minimum Gasteiger partial charge on any atom is -0.372 e. The van der Waals surface area contributed by atoms with Crippen LogP contribution in [0.3, 0.4) is 0 Å². The lowest BCUT2D eigenvalue weighted by Crippen LogP contribution is -2.01. The first-order valence-electron chi connectivity index (χ1n) is 3.11. The topological polar surface area (TPSA) is 46.2 Å². The van der Waals surface area contributed by atoms with Crippen LogP contribution >= 0.6 is 0 Å². The molecule has 0 aliphatic heterocycles. The zero-order chi connectivity index (χ0) is 8.10. The van der Waals surface area contributed by atoms with E-state index >= 15 is 0 Å². The Morgan fingerprint density at radius 1 is 1.36 bits per heavy atom. The molecule has 0 bridgehead atoms. The zero-order valence-electron chi connectivity index (χ0n) is 5.78. The molecular weight excluding hydrogens is 162 g/mol. The minimum atomic E-state index is -2.35. The lowest BCUT2D eigenvalue weighted by Gasteiger charge is -1.98. The molecule has 1 rings (SSSR count). The van der Waals surface area contributed by atoms with Gasteiger partial charge in [-0.2, -0.15) is 0 Å². The molecule has 0 aliphatic rings. The normalized spacial score (nSPS) is 9.91. The molecule has 1 aromatic rings. The Kier molecular flexibility index (Phi) is 2.92. The monoisotopic (exact) mass is 170 g/mol. The van der Waals surface area contributed by atoms with Gasteiger partial charge in [0.15, 0.2) is 10.7 Å². The van der Waals surface area contributed by atoms with E-state index in [0.717, 1.165) is 5.69 Å². The third-order valence-electron chi connectivity index (χ3n) is 1.13. The van der Waals surface area contributed by atoms with Gasteiger partial charge in [-0.1, -0.05) is 12.1 Å². The minimum absolute atomic E-state index is 0.0145. The highest BCUT2D eigenvalue weighted by atomic mass is 32.2. The number of hydrogen-bond donors (Lipinski definition) is 2. The predicted molar refractivity (Wildman–Crippen MR) is 44.1 cm³/mol. The Balaban J connectivity index is 2.52. The van der Waals surface area contributed by atoms with Crippen LogP contribution in [0.4, 0.5) is 5.69 Å². The van der Waals surface area contributed by atoms with Crippen LogP contribution in [0.2, 0.25) is 0 Å². The van der Waals surface area contributed by atoms with Gasteiger partial charge in [0.25, 0.3) is 0 Å². The lowest BCUT2D eigenvalue weighted by molar-refractivity contribution is 0.616. The fourth-order valence-corrected chi connectivity index (χ4v) is 0.972. The van der Waals surface area contributed by atoms with Crippen molar-refractivity contribution in [3.8, 4) is 0 Å². The van der Waals surface area contributed by atoms with Gasteiger partial charge in [0.05, 0.1) is 0 Å². The highest BCUT2D eigenvalue weighted by molar-refractivity contribution is 7.72. The van der Waals surface area contributed by atoms with E-state index in [1.54, 1.807) is 24.3 Å². The third-order valence-corrected chi connectivity index (χ3v) is 1.55. The molecule has 0 saturated heterocycles. The van der Waals surface area contributed by atoms with Crippen molar-refractivity contribution in [1.82, 2.24) is 0 Å². The molecule has 59 valence electrons. The maximum absolute atomic E-state index is 10.1. The summed E-state index contributed by atoms with van der Waals surface area (Å²) in [5, 5.41) is 2.73. The lowest BCUT2D eigenvalue weighted by atomic mass is 10.3. The molecule has 0 aliphatic carbocycles. The Hall–Kier alpha value is -1.03. The van der Waals surface area contributed by atoms with E-state index in [0.29, 0.717) is 0 Å². The summed E-state index contributed by atoms with van der Waals surface area (Å²) in [6.45, 7) is 0. The van der Waals surface area contributed by atoms with E-state index in [2.05, 4.69) is 11.4 Å². The summed E-state index contributed by atoms with van der Waals surface area (Å²) < 4.78 is 20.3. The summed E-state index contributed by atoms with van der Waals surface area (Å²) in [7, 11) is -2.35. The molecule has 1 N–H and O–H groups in total. The SMILES string of the molecule is O=[SH](=O)CNc1cc[c]cc1. The fraction of sp³-hybridized carbons (Fsp3) is 0.143. The van der Waals surface area contributed by atoms with Crippen molar-refractivity contribution in [2.24, 2.45) is 0 Å². The van der Waals surface area contributed by atoms with Crippen LogP contribution in [0.1, 0.15) is 0 Å². The van der Waals surface area contributed by atoms with Gasteiger partial charge in [-0.15, -0.1) is 0 Å². The summed E-state index contributed by atoms with van der Waals surface area (Å²) in [6, 6.07) is 9.80. The van der Waals surface area contributed by atoms with Crippen molar-refractivity contribution in [3.05, 3.63) is 30.3 Å². The molecule has 0 amide bonds. The number of benzene rings is 1. The van der Waals surface area contributed by atoms with Crippen molar-refractivity contribution in [2.45, 2.75) is 0 Å². The molecule has 1 radical (unpaired) electrons. The second kappa shape index (κ2) is 3.98. The summed E-state index contributed by atoms with van der Waals surface area (Å²) in [5.41, 5.74) is 0.794. The third kappa shape index (κ3) is 3.04. The summed E-state index contributed by atoms with van der Waals surface area (Å²) in [4.78, 5) is 0. The van der Waals surface area contributed by atoms with E-state index in [9.17, 15) is 8.42 Å². The van der Waals surface area contributed by atoms with Crippen molar-refractivity contribution >= 4 is 16.4 Å². The molecule has 0 saturated carbocycles. The van der Waals surface area contributed by atoms with Crippen LogP contribution in [0.15, 0.2) is 24.3 Å². The van der Waals surface area contributed by atoms with Crippen LogP contribution in [-0.2, 0) is 10.7 Å². The standard InChI is InChI=1S/C7H8NO2S/c9-11(10)6-8-7-4-2-1-3-5-7/h2-5,8,11H,6H2. The van der Waals surface area contributed by atoms with Crippen LogP contribution in [0.5, 0.6) is 0 Å². The Morgan fingerprint density at radius 2 is 2.00 bits per heavy atom. The Morgan fingerprint density at radius 3 is 2.55 bits per heavy atom. The van der Waals surface area contributed by atoms with E-state index in [-0.39, 0.29) is 5.88 Å². The molecule has 0 atom stereocenters. The number of hydrogen-bond acceptors (Lipinski definition) is 3. The van der Waals surface area contributed by atoms with Gasteiger partial charge in [-0.3, -0.25) is 0 Å². The van der Waals surface area contributed by atoms with E-state index in [1.165, 1.54) is 0 Å². The zero-order valence-corrected chi connectivity index (χ0v) is 6.67. The van der Waals surface area contributed by atoms with Crippen LogP contribution in [0.25, 0.3) is 0 Å². The first-order chi connectivity index (χ1) is 5.29.